The zero-order valence-electron chi connectivity index (χ0n) is 8.10. The molecule has 1 atom stereocenters. The lowest BCUT2D eigenvalue weighted by Gasteiger charge is -2.28. The molecule has 0 bridgehead atoms. The van der Waals surface area contributed by atoms with Crippen LogP contribution in [0.2, 0.25) is 0 Å². The van der Waals surface area contributed by atoms with E-state index in [1.807, 2.05) is 6.07 Å². The van der Waals surface area contributed by atoms with Gasteiger partial charge in [-0.3, -0.25) is 5.84 Å². The summed E-state index contributed by atoms with van der Waals surface area (Å²) < 4.78 is 6.30. The first-order chi connectivity index (χ1) is 5.96. The van der Waals surface area contributed by atoms with Gasteiger partial charge in [0.05, 0.1) is 16.8 Å². The molecular weight excluding hydrogens is 232 g/mol. The molecule has 0 aliphatic heterocycles. The molecule has 74 valence electrons. The average molecular weight is 247 g/mol. The van der Waals surface area contributed by atoms with Gasteiger partial charge >= 0.3 is 0 Å². The molecule has 0 radical (unpaired) electrons. The van der Waals surface area contributed by atoms with E-state index in [4.69, 9.17) is 10.3 Å². The highest BCUT2D eigenvalue weighted by atomic mass is 79.9. The van der Waals surface area contributed by atoms with Gasteiger partial charge in [0.15, 0.2) is 0 Å². The van der Waals surface area contributed by atoms with Gasteiger partial charge < -0.3 is 4.42 Å². The van der Waals surface area contributed by atoms with E-state index in [2.05, 4.69) is 42.1 Å². The minimum Gasteiger partial charge on any atom is -0.466 e. The maximum Gasteiger partial charge on any atom is 0.136 e. The minimum absolute atomic E-state index is 0.0110. The van der Waals surface area contributed by atoms with E-state index in [-0.39, 0.29) is 11.5 Å². The Morgan fingerprint density at radius 1 is 1.54 bits per heavy atom. The van der Waals surface area contributed by atoms with E-state index in [0.717, 1.165) is 10.2 Å². The molecule has 1 heterocycles. The standard InChI is InChI=1S/C9H15BrN2O/c1-9(2,3)8(12-11)7-6(10)4-5-13-7/h4-5,8,12H,11H2,1-3H3. The van der Waals surface area contributed by atoms with E-state index in [9.17, 15) is 0 Å². The number of furan rings is 1. The van der Waals surface area contributed by atoms with Crippen molar-refractivity contribution in [2.45, 2.75) is 26.8 Å². The van der Waals surface area contributed by atoms with E-state index in [0.29, 0.717) is 0 Å². The lowest BCUT2D eigenvalue weighted by Crippen LogP contribution is -2.36. The largest absolute Gasteiger partial charge is 0.466 e. The van der Waals surface area contributed by atoms with Crippen molar-refractivity contribution in [3.05, 3.63) is 22.6 Å². The smallest absolute Gasteiger partial charge is 0.136 e. The van der Waals surface area contributed by atoms with Gasteiger partial charge in [0.25, 0.3) is 0 Å². The van der Waals surface area contributed by atoms with Gasteiger partial charge in [-0.25, -0.2) is 5.43 Å². The molecule has 1 aromatic rings. The monoisotopic (exact) mass is 246 g/mol. The van der Waals surface area contributed by atoms with Crippen molar-refractivity contribution < 1.29 is 4.42 Å². The first-order valence-electron chi connectivity index (χ1n) is 4.16. The summed E-state index contributed by atoms with van der Waals surface area (Å²) in [4.78, 5) is 0. The molecule has 0 aliphatic carbocycles. The zero-order chi connectivity index (χ0) is 10.1. The summed E-state index contributed by atoms with van der Waals surface area (Å²) in [6.45, 7) is 6.31. The van der Waals surface area contributed by atoms with Crippen LogP contribution in [0.3, 0.4) is 0 Å². The lowest BCUT2D eigenvalue weighted by atomic mass is 9.86. The summed E-state index contributed by atoms with van der Waals surface area (Å²) >= 11 is 3.41. The van der Waals surface area contributed by atoms with Crippen LogP contribution in [0, 0.1) is 5.41 Å². The number of nitrogens with two attached hydrogens (primary N) is 1. The summed E-state index contributed by atoms with van der Waals surface area (Å²) in [7, 11) is 0. The third-order valence-corrected chi connectivity index (χ3v) is 2.59. The summed E-state index contributed by atoms with van der Waals surface area (Å²) in [5.41, 5.74) is 2.78. The average Bonchev–Trinajstić information content (AvgIpc) is 2.35. The SMILES string of the molecule is CC(C)(C)C(NN)c1occc1Br. The highest BCUT2D eigenvalue weighted by Crippen LogP contribution is 2.36. The molecule has 1 unspecified atom stereocenters. The van der Waals surface area contributed by atoms with Gasteiger partial charge in [-0.15, -0.1) is 0 Å². The molecular formula is C9H15BrN2O. The number of hydrogen-bond donors (Lipinski definition) is 2. The van der Waals surface area contributed by atoms with Crippen LogP contribution in [-0.2, 0) is 0 Å². The second-order valence-corrected chi connectivity index (χ2v) is 4.95. The van der Waals surface area contributed by atoms with E-state index in [1.54, 1.807) is 6.26 Å². The molecule has 1 rings (SSSR count). The van der Waals surface area contributed by atoms with Crippen molar-refractivity contribution >= 4 is 15.9 Å². The van der Waals surface area contributed by atoms with Crippen LogP contribution in [0.1, 0.15) is 32.6 Å². The third kappa shape index (κ3) is 2.33. The van der Waals surface area contributed by atoms with Crippen molar-refractivity contribution in [1.29, 1.82) is 0 Å². The van der Waals surface area contributed by atoms with Crippen LogP contribution in [0.5, 0.6) is 0 Å². The maximum atomic E-state index is 5.49. The van der Waals surface area contributed by atoms with E-state index >= 15 is 0 Å². The van der Waals surface area contributed by atoms with E-state index < -0.39 is 0 Å². The molecule has 1 aromatic heterocycles. The lowest BCUT2D eigenvalue weighted by molar-refractivity contribution is 0.238. The Kier molecular flexibility index (Phi) is 3.16. The van der Waals surface area contributed by atoms with Crippen molar-refractivity contribution in [2.24, 2.45) is 11.3 Å². The molecule has 0 spiro atoms. The summed E-state index contributed by atoms with van der Waals surface area (Å²) in [5.74, 6) is 6.33. The molecule has 4 heteroatoms. The Bertz CT molecular complexity index is 277. The van der Waals surface area contributed by atoms with Gasteiger partial charge in [-0.2, -0.15) is 0 Å². The Balaban J connectivity index is 2.98. The molecule has 3 N–H and O–H groups in total. The van der Waals surface area contributed by atoms with Crippen LogP contribution >= 0.6 is 15.9 Å². The van der Waals surface area contributed by atoms with Crippen LogP contribution in [0.15, 0.2) is 21.2 Å². The van der Waals surface area contributed by atoms with Gasteiger partial charge in [0.2, 0.25) is 0 Å². The molecule has 13 heavy (non-hydrogen) atoms. The Morgan fingerprint density at radius 2 is 2.15 bits per heavy atom. The fourth-order valence-electron chi connectivity index (χ4n) is 1.23. The van der Waals surface area contributed by atoms with Gasteiger partial charge in [0.1, 0.15) is 5.76 Å². The highest BCUT2D eigenvalue weighted by molar-refractivity contribution is 9.10. The summed E-state index contributed by atoms with van der Waals surface area (Å²) in [5, 5.41) is 0. The maximum absolute atomic E-state index is 5.49. The van der Waals surface area contributed by atoms with Gasteiger partial charge in [-0.1, -0.05) is 20.8 Å². The van der Waals surface area contributed by atoms with E-state index in [1.165, 1.54) is 0 Å². The van der Waals surface area contributed by atoms with Crippen molar-refractivity contribution in [3.8, 4) is 0 Å². The summed E-state index contributed by atoms with van der Waals surface area (Å²) in [6.07, 6.45) is 1.65. The van der Waals surface area contributed by atoms with Crippen molar-refractivity contribution in [2.75, 3.05) is 0 Å². The Labute approximate surface area is 86.8 Å². The number of rotatable bonds is 2. The molecule has 0 fully saturated rings. The number of nitrogens with one attached hydrogen (secondary N) is 1. The highest BCUT2D eigenvalue weighted by Gasteiger charge is 2.29. The van der Waals surface area contributed by atoms with Crippen LogP contribution in [-0.4, -0.2) is 0 Å². The number of hydrogen-bond acceptors (Lipinski definition) is 3. The normalized spacial score (nSPS) is 14.5. The van der Waals surface area contributed by atoms with Crippen LogP contribution < -0.4 is 11.3 Å². The fraction of sp³-hybridized carbons (Fsp3) is 0.556. The predicted molar refractivity (Wildman–Crippen MR) is 55.9 cm³/mol. The predicted octanol–water partition coefficient (Wildman–Crippen LogP) is 2.59. The van der Waals surface area contributed by atoms with Crippen LogP contribution in [0.4, 0.5) is 0 Å². The minimum atomic E-state index is 0.0110. The zero-order valence-corrected chi connectivity index (χ0v) is 9.68. The van der Waals surface area contributed by atoms with Crippen molar-refractivity contribution in [1.82, 2.24) is 5.43 Å². The third-order valence-electron chi connectivity index (χ3n) is 1.94. The first kappa shape index (κ1) is 10.8. The molecule has 0 saturated heterocycles. The number of halogens is 1. The first-order valence-corrected chi connectivity index (χ1v) is 4.95. The topological polar surface area (TPSA) is 51.2 Å². The van der Waals surface area contributed by atoms with Crippen LogP contribution in [0.25, 0.3) is 0 Å². The quantitative estimate of drug-likeness (QED) is 0.623. The molecule has 0 saturated carbocycles. The second kappa shape index (κ2) is 3.82. The van der Waals surface area contributed by atoms with Crippen molar-refractivity contribution in [3.63, 3.8) is 0 Å². The van der Waals surface area contributed by atoms with Gasteiger partial charge in [0, 0.05) is 0 Å². The summed E-state index contributed by atoms with van der Waals surface area (Å²) in [6, 6.07) is 1.88. The Morgan fingerprint density at radius 3 is 2.46 bits per heavy atom. The second-order valence-electron chi connectivity index (χ2n) is 4.10. The number of hydrazine groups is 1. The molecule has 3 nitrogen and oxygen atoms in total. The molecule has 0 aromatic carbocycles. The molecule has 0 aliphatic rings. The van der Waals surface area contributed by atoms with Gasteiger partial charge in [-0.05, 0) is 27.4 Å². The fourth-order valence-corrected chi connectivity index (χ4v) is 1.66. The Hall–Kier alpha value is -0.320. The molecule has 0 amide bonds.